The standard InChI is InChI=1S/C19H25N3O2S/c1-16-6-7-19(17(2)15-16)25(23,24)22-13-11-21(12-14-22)10-8-18-5-3-4-9-20-18/h3-7,9,15H,8,10-14H2,1-2H3. The number of piperazine rings is 1. The Labute approximate surface area is 150 Å². The summed E-state index contributed by atoms with van der Waals surface area (Å²) in [5.74, 6) is 0. The van der Waals surface area contributed by atoms with Crippen LogP contribution in [-0.4, -0.2) is 55.3 Å². The van der Waals surface area contributed by atoms with Crippen molar-refractivity contribution < 1.29 is 8.42 Å². The second-order valence-corrected chi connectivity index (χ2v) is 8.49. The third-order valence-corrected chi connectivity index (χ3v) is 6.75. The summed E-state index contributed by atoms with van der Waals surface area (Å²) in [6.45, 7) is 7.35. The molecule has 1 aliphatic heterocycles. The van der Waals surface area contributed by atoms with Crippen molar-refractivity contribution in [1.29, 1.82) is 0 Å². The molecule has 2 heterocycles. The molecule has 6 heteroatoms. The van der Waals surface area contributed by atoms with Crippen molar-refractivity contribution in [3.63, 3.8) is 0 Å². The summed E-state index contributed by atoms with van der Waals surface area (Å²) in [7, 11) is -3.41. The first-order valence-corrected chi connectivity index (χ1v) is 10.1. The molecule has 1 saturated heterocycles. The molecule has 0 saturated carbocycles. The van der Waals surface area contributed by atoms with Crippen molar-refractivity contribution in [2.24, 2.45) is 0 Å². The van der Waals surface area contributed by atoms with E-state index in [-0.39, 0.29) is 0 Å². The van der Waals surface area contributed by atoms with Gasteiger partial charge in [-0.25, -0.2) is 8.42 Å². The van der Waals surface area contributed by atoms with E-state index in [0.29, 0.717) is 18.0 Å². The Morgan fingerprint density at radius 2 is 1.80 bits per heavy atom. The molecule has 0 unspecified atom stereocenters. The van der Waals surface area contributed by atoms with Gasteiger partial charge >= 0.3 is 0 Å². The van der Waals surface area contributed by atoms with Crippen LogP contribution in [0.2, 0.25) is 0 Å². The lowest BCUT2D eigenvalue weighted by atomic mass is 10.2. The fourth-order valence-corrected chi connectivity index (χ4v) is 4.87. The molecule has 0 spiro atoms. The SMILES string of the molecule is Cc1ccc(S(=O)(=O)N2CCN(CCc3ccccn3)CC2)c(C)c1. The highest BCUT2D eigenvalue weighted by Crippen LogP contribution is 2.22. The summed E-state index contributed by atoms with van der Waals surface area (Å²) in [4.78, 5) is 7.08. The Bertz CT molecular complexity index is 814. The average Bonchev–Trinajstić information content (AvgIpc) is 2.61. The zero-order valence-corrected chi connectivity index (χ0v) is 15.7. The van der Waals surface area contributed by atoms with Crippen molar-refractivity contribution >= 4 is 10.0 Å². The van der Waals surface area contributed by atoms with Crippen molar-refractivity contribution in [3.05, 3.63) is 59.4 Å². The van der Waals surface area contributed by atoms with E-state index in [1.807, 2.05) is 50.4 Å². The molecule has 0 atom stereocenters. The molecule has 0 aliphatic carbocycles. The number of nitrogens with zero attached hydrogens (tertiary/aromatic N) is 3. The first-order chi connectivity index (χ1) is 12.0. The summed E-state index contributed by atoms with van der Waals surface area (Å²) in [6, 6.07) is 11.5. The van der Waals surface area contributed by atoms with Gasteiger partial charge in [0, 0.05) is 51.0 Å². The Balaban J connectivity index is 1.59. The molecule has 0 amide bonds. The highest BCUT2D eigenvalue weighted by molar-refractivity contribution is 7.89. The van der Waals surface area contributed by atoms with E-state index in [9.17, 15) is 8.42 Å². The second-order valence-electron chi connectivity index (χ2n) is 6.59. The molecule has 1 aromatic carbocycles. The zero-order valence-electron chi connectivity index (χ0n) is 14.9. The van der Waals surface area contributed by atoms with Gasteiger partial charge in [0.15, 0.2) is 0 Å². The van der Waals surface area contributed by atoms with Gasteiger partial charge in [-0.3, -0.25) is 4.98 Å². The van der Waals surface area contributed by atoms with Gasteiger partial charge in [-0.05, 0) is 37.6 Å². The first kappa shape index (κ1) is 18.0. The van der Waals surface area contributed by atoms with E-state index in [1.54, 1.807) is 10.4 Å². The van der Waals surface area contributed by atoms with Crippen molar-refractivity contribution in [2.75, 3.05) is 32.7 Å². The minimum absolute atomic E-state index is 0.431. The number of rotatable bonds is 5. The molecule has 5 nitrogen and oxygen atoms in total. The predicted octanol–water partition coefficient (Wildman–Crippen LogP) is 2.25. The maximum Gasteiger partial charge on any atom is 0.243 e. The molecule has 25 heavy (non-hydrogen) atoms. The summed E-state index contributed by atoms with van der Waals surface area (Å²) in [5.41, 5.74) is 2.97. The summed E-state index contributed by atoms with van der Waals surface area (Å²) in [5, 5.41) is 0. The highest BCUT2D eigenvalue weighted by Gasteiger charge is 2.29. The number of hydrogen-bond donors (Lipinski definition) is 0. The first-order valence-electron chi connectivity index (χ1n) is 8.66. The minimum Gasteiger partial charge on any atom is -0.300 e. The molecular formula is C19H25N3O2S. The van der Waals surface area contributed by atoms with E-state index in [2.05, 4.69) is 9.88 Å². The van der Waals surface area contributed by atoms with Crippen molar-refractivity contribution in [1.82, 2.24) is 14.2 Å². The fraction of sp³-hybridized carbons (Fsp3) is 0.421. The molecule has 0 radical (unpaired) electrons. The third kappa shape index (κ3) is 4.26. The average molecular weight is 359 g/mol. The van der Waals surface area contributed by atoms with Crippen molar-refractivity contribution in [3.8, 4) is 0 Å². The molecule has 0 N–H and O–H groups in total. The Morgan fingerprint density at radius 3 is 2.44 bits per heavy atom. The highest BCUT2D eigenvalue weighted by atomic mass is 32.2. The number of aromatic nitrogens is 1. The van der Waals surface area contributed by atoms with Crippen LogP contribution < -0.4 is 0 Å². The lowest BCUT2D eigenvalue weighted by Gasteiger charge is -2.34. The maximum atomic E-state index is 12.9. The van der Waals surface area contributed by atoms with E-state index in [4.69, 9.17) is 0 Å². The van der Waals surface area contributed by atoms with Crippen LogP contribution in [-0.2, 0) is 16.4 Å². The quantitative estimate of drug-likeness (QED) is 0.822. The summed E-state index contributed by atoms with van der Waals surface area (Å²) >= 11 is 0. The number of pyridine rings is 1. The van der Waals surface area contributed by atoms with Gasteiger partial charge in [0.2, 0.25) is 10.0 Å². The Kier molecular flexibility index (Phi) is 5.51. The smallest absolute Gasteiger partial charge is 0.243 e. The van der Waals surface area contributed by atoms with E-state index in [0.717, 1.165) is 42.9 Å². The number of benzene rings is 1. The van der Waals surface area contributed by atoms with Gasteiger partial charge in [-0.1, -0.05) is 23.8 Å². The normalized spacial score (nSPS) is 16.9. The van der Waals surface area contributed by atoms with Crippen LogP contribution in [0.1, 0.15) is 16.8 Å². The number of sulfonamides is 1. The zero-order chi connectivity index (χ0) is 17.9. The summed E-state index contributed by atoms with van der Waals surface area (Å²) < 4.78 is 27.4. The molecule has 2 aromatic rings. The van der Waals surface area contributed by atoms with Gasteiger partial charge in [0.1, 0.15) is 0 Å². The van der Waals surface area contributed by atoms with E-state index >= 15 is 0 Å². The number of hydrogen-bond acceptors (Lipinski definition) is 4. The molecule has 1 aliphatic rings. The maximum absolute atomic E-state index is 12.9. The van der Waals surface area contributed by atoms with E-state index < -0.39 is 10.0 Å². The van der Waals surface area contributed by atoms with Crippen LogP contribution in [0, 0.1) is 13.8 Å². The van der Waals surface area contributed by atoms with Crippen LogP contribution >= 0.6 is 0 Å². The third-order valence-electron chi connectivity index (χ3n) is 4.69. The molecule has 1 fully saturated rings. The topological polar surface area (TPSA) is 53.5 Å². The Hall–Kier alpha value is -1.76. The van der Waals surface area contributed by atoms with Gasteiger partial charge in [-0.15, -0.1) is 0 Å². The molecule has 1 aromatic heterocycles. The van der Waals surface area contributed by atoms with Crippen LogP contribution in [0.4, 0.5) is 0 Å². The minimum atomic E-state index is -3.41. The van der Waals surface area contributed by atoms with Gasteiger partial charge in [-0.2, -0.15) is 4.31 Å². The molecule has 134 valence electrons. The van der Waals surface area contributed by atoms with Gasteiger partial charge < -0.3 is 4.90 Å². The lowest BCUT2D eigenvalue weighted by molar-refractivity contribution is 0.189. The largest absolute Gasteiger partial charge is 0.300 e. The van der Waals surface area contributed by atoms with Crippen molar-refractivity contribution in [2.45, 2.75) is 25.2 Å². The second kappa shape index (κ2) is 7.64. The van der Waals surface area contributed by atoms with Gasteiger partial charge in [0.05, 0.1) is 4.90 Å². The lowest BCUT2D eigenvalue weighted by Crippen LogP contribution is -2.49. The number of aryl methyl sites for hydroxylation is 2. The monoisotopic (exact) mass is 359 g/mol. The molecule has 0 bridgehead atoms. The van der Waals surface area contributed by atoms with E-state index in [1.165, 1.54) is 0 Å². The Morgan fingerprint density at radius 1 is 1.04 bits per heavy atom. The predicted molar refractivity (Wildman–Crippen MR) is 99.1 cm³/mol. The summed E-state index contributed by atoms with van der Waals surface area (Å²) in [6.07, 6.45) is 2.70. The molecule has 3 rings (SSSR count). The van der Waals surface area contributed by atoms with Crippen LogP contribution in [0.25, 0.3) is 0 Å². The molecular weight excluding hydrogens is 334 g/mol. The fourth-order valence-electron chi connectivity index (χ4n) is 3.24. The van der Waals surface area contributed by atoms with Crippen LogP contribution in [0.3, 0.4) is 0 Å². The van der Waals surface area contributed by atoms with Gasteiger partial charge in [0.25, 0.3) is 0 Å². The van der Waals surface area contributed by atoms with Crippen LogP contribution in [0.5, 0.6) is 0 Å². The van der Waals surface area contributed by atoms with Crippen LogP contribution in [0.15, 0.2) is 47.5 Å².